The van der Waals surface area contributed by atoms with Gasteiger partial charge in [-0.05, 0) is 36.4 Å². The highest BCUT2D eigenvalue weighted by Gasteiger charge is 2.17. The Morgan fingerprint density at radius 1 is 1.04 bits per heavy atom. The molecule has 1 aromatic heterocycles. The summed E-state index contributed by atoms with van der Waals surface area (Å²) in [6.07, 6.45) is 0. The van der Waals surface area contributed by atoms with E-state index in [1.807, 2.05) is 36.4 Å². The molecule has 0 spiro atoms. The van der Waals surface area contributed by atoms with Crippen LogP contribution >= 0.6 is 11.6 Å². The fourth-order valence-electron chi connectivity index (χ4n) is 3.10. The van der Waals surface area contributed by atoms with E-state index in [9.17, 15) is 4.79 Å². The van der Waals surface area contributed by atoms with Gasteiger partial charge in [-0.15, -0.1) is 0 Å². The first-order valence-corrected chi connectivity index (χ1v) is 8.67. The van der Waals surface area contributed by atoms with Gasteiger partial charge >= 0.3 is 0 Å². The lowest BCUT2D eigenvalue weighted by Gasteiger charge is -2.27. The van der Waals surface area contributed by atoms with Gasteiger partial charge in [0.1, 0.15) is 5.82 Å². The van der Waals surface area contributed by atoms with Crippen molar-refractivity contribution in [1.82, 2.24) is 14.5 Å². The van der Waals surface area contributed by atoms with Gasteiger partial charge in [-0.25, -0.2) is 4.98 Å². The summed E-state index contributed by atoms with van der Waals surface area (Å²) in [4.78, 5) is 20.2. The number of benzene rings is 2. The van der Waals surface area contributed by atoms with Crippen molar-refractivity contribution in [1.29, 1.82) is 0 Å². The van der Waals surface area contributed by atoms with Crippen LogP contribution in [0, 0.1) is 0 Å². The lowest BCUT2D eigenvalue weighted by molar-refractivity contribution is 0.0327. The minimum Gasteiger partial charge on any atom is -0.379 e. The van der Waals surface area contributed by atoms with Crippen molar-refractivity contribution in [3.05, 3.63) is 69.7 Å². The molecule has 0 aliphatic carbocycles. The molecule has 0 unspecified atom stereocenters. The molecule has 0 atom stereocenters. The first kappa shape index (κ1) is 16.3. The molecule has 128 valence electrons. The van der Waals surface area contributed by atoms with E-state index >= 15 is 0 Å². The van der Waals surface area contributed by atoms with Gasteiger partial charge in [0.2, 0.25) is 0 Å². The Balaban J connectivity index is 1.87. The predicted octanol–water partition coefficient (Wildman–Crippen LogP) is 2.87. The Morgan fingerprint density at radius 3 is 2.52 bits per heavy atom. The number of nitrogens with zero attached hydrogens (tertiary/aromatic N) is 3. The third kappa shape index (κ3) is 3.31. The fraction of sp³-hybridized carbons (Fsp3) is 0.263. The van der Waals surface area contributed by atoms with Crippen molar-refractivity contribution in [2.45, 2.75) is 6.54 Å². The number of halogens is 1. The van der Waals surface area contributed by atoms with Crippen molar-refractivity contribution >= 4 is 22.5 Å². The first-order chi connectivity index (χ1) is 12.2. The highest BCUT2D eigenvalue weighted by molar-refractivity contribution is 6.30. The van der Waals surface area contributed by atoms with Crippen molar-refractivity contribution < 1.29 is 4.74 Å². The molecule has 0 radical (unpaired) electrons. The van der Waals surface area contributed by atoms with Crippen LogP contribution in [-0.4, -0.2) is 40.8 Å². The smallest absolute Gasteiger partial charge is 0.266 e. The molecule has 2 heterocycles. The molecule has 1 fully saturated rings. The normalized spacial score (nSPS) is 15.6. The average molecular weight is 356 g/mol. The molecule has 0 bridgehead atoms. The average Bonchev–Trinajstić information content (AvgIpc) is 2.64. The van der Waals surface area contributed by atoms with Crippen LogP contribution in [0.2, 0.25) is 5.02 Å². The molecule has 4 rings (SSSR count). The summed E-state index contributed by atoms with van der Waals surface area (Å²) >= 11 is 6.00. The first-order valence-electron chi connectivity index (χ1n) is 8.29. The molecule has 0 amide bonds. The van der Waals surface area contributed by atoms with Gasteiger partial charge in [0.15, 0.2) is 0 Å². The fourth-order valence-corrected chi connectivity index (χ4v) is 3.23. The van der Waals surface area contributed by atoms with Crippen LogP contribution in [0.15, 0.2) is 53.3 Å². The van der Waals surface area contributed by atoms with Gasteiger partial charge in [0.05, 0.1) is 36.3 Å². The van der Waals surface area contributed by atoms with E-state index in [0.717, 1.165) is 30.1 Å². The van der Waals surface area contributed by atoms with Crippen LogP contribution < -0.4 is 5.56 Å². The van der Waals surface area contributed by atoms with Gasteiger partial charge in [-0.2, -0.15) is 0 Å². The zero-order valence-electron chi connectivity index (χ0n) is 13.7. The summed E-state index contributed by atoms with van der Waals surface area (Å²) in [6.45, 7) is 3.69. The number of hydrogen-bond donors (Lipinski definition) is 0. The highest BCUT2D eigenvalue weighted by Crippen LogP contribution is 2.17. The topological polar surface area (TPSA) is 47.4 Å². The summed E-state index contributed by atoms with van der Waals surface area (Å²) in [7, 11) is 0. The Labute approximate surface area is 150 Å². The van der Waals surface area contributed by atoms with Crippen LogP contribution in [0.5, 0.6) is 0 Å². The largest absolute Gasteiger partial charge is 0.379 e. The molecule has 1 saturated heterocycles. The van der Waals surface area contributed by atoms with Crippen LogP contribution in [0.4, 0.5) is 0 Å². The lowest BCUT2D eigenvalue weighted by Crippen LogP contribution is -2.38. The molecular weight excluding hydrogens is 338 g/mol. The number of fused-ring (bicyclic) bond motifs is 1. The Hall–Kier alpha value is -2.21. The maximum atomic E-state index is 13.1. The van der Waals surface area contributed by atoms with E-state index in [1.54, 1.807) is 16.7 Å². The molecule has 1 aliphatic heterocycles. The number of aromatic nitrogens is 2. The maximum absolute atomic E-state index is 13.1. The third-order valence-corrected chi connectivity index (χ3v) is 4.65. The second-order valence-corrected chi connectivity index (χ2v) is 6.49. The number of rotatable bonds is 3. The van der Waals surface area contributed by atoms with Gasteiger partial charge < -0.3 is 4.74 Å². The van der Waals surface area contributed by atoms with Crippen LogP contribution in [-0.2, 0) is 11.3 Å². The van der Waals surface area contributed by atoms with E-state index in [1.165, 1.54) is 0 Å². The number of para-hydroxylation sites is 1. The van der Waals surface area contributed by atoms with Crippen molar-refractivity contribution in [3.8, 4) is 5.69 Å². The van der Waals surface area contributed by atoms with Crippen LogP contribution in [0.3, 0.4) is 0 Å². The maximum Gasteiger partial charge on any atom is 0.266 e. The number of hydrogen-bond acceptors (Lipinski definition) is 4. The minimum atomic E-state index is -0.0591. The molecule has 25 heavy (non-hydrogen) atoms. The zero-order chi connectivity index (χ0) is 17.2. The zero-order valence-corrected chi connectivity index (χ0v) is 14.4. The van der Waals surface area contributed by atoms with Crippen LogP contribution in [0.25, 0.3) is 16.6 Å². The quantitative estimate of drug-likeness (QED) is 0.725. The van der Waals surface area contributed by atoms with Crippen molar-refractivity contribution in [3.63, 3.8) is 0 Å². The van der Waals surface area contributed by atoms with Crippen molar-refractivity contribution in [2.75, 3.05) is 26.3 Å². The minimum absolute atomic E-state index is 0.0591. The summed E-state index contributed by atoms with van der Waals surface area (Å²) < 4.78 is 7.10. The third-order valence-electron chi connectivity index (χ3n) is 4.40. The van der Waals surface area contributed by atoms with E-state index in [0.29, 0.717) is 30.2 Å². The van der Waals surface area contributed by atoms with Gasteiger partial charge in [-0.3, -0.25) is 14.3 Å². The van der Waals surface area contributed by atoms with E-state index in [-0.39, 0.29) is 5.56 Å². The van der Waals surface area contributed by atoms with E-state index in [2.05, 4.69) is 4.90 Å². The molecule has 3 aromatic rings. The standard InChI is InChI=1S/C19H18ClN3O2/c20-14-5-7-15(8-6-14)23-18(13-22-9-11-25-12-10-22)21-17-4-2-1-3-16(17)19(23)24/h1-8H,9-13H2. The van der Waals surface area contributed by atoms with Gasteiger partial charge in [0, 0.05) is 18.1 Å². The molecule has 0 saturated carbocycles. The van der Waals surface area contributed by atoms with E-state index < -0.39 is 0 Å². The molecular formula is C19H18ClN3O2. The molecule has 6 heteroatoms. The molecule has 5 nitrogen and oxygen atoms in total. The van der Waals surface area contributed by atoms with E-state index in [4.69, 9.17) is 21.3 Å². The monoisotopic (exact) mass is 355 g/mol. The SMILES string of the molecule is O=c1c2ccccc2nc(CN2CCOCC2)n1-c1ccc(Cl)cc1. The summed E-state index contributed by atoms with van der Waals surface area (Å²) in [5.74, 6) is 0.730. The van der Waals surface area contributed by atoms with Gasteiger partial charge in [-0.1, -0.05) is 23.7 Å². The lowest BCUT2D eigenvalue weighted by atomic mass is 10.2. The second-order valence-electron chi connectivity index (χ2n) is 6.05. The molecule has 0 N–H and O–H groups in total. The molecule has 1 aliphatic rings. The van der Waals surface area contributed by atoms with Crippen molar-refractivity contribution in [2.24, 2.45) is 0 Å². The number of ether oxygens (including phenoxy) is 1. The van der Waals surface area contributed by atoms with Crippen LogP contribution in [0.1, 0.15) is 5.82 Å². The Morgan fingerprint density at radius 2 is 1.76 bits per heavy atom. The predicted molar refractivity (Wildman–Crippen MR) is 98.4 cm³/mol. The van der Waals surface area contributed by atoms with Gasteiger partial charge in [0.25, 0.3) is 5.56 Å². The summed E-state index contributed by atoms with van der Waals surface area (Å²) in [6, 6.07) is 14.7. The highest BCUT2D eigenvalue weighted by atomic mass is 35.5. The Kier molecular flexibility index (Phi) is 4.53. The summed E-state index contributed by atoms with van der Waals surface area (Å²) in [5.41, 5.74) is 1.44. The molecule has 2 aromatic carbocycles. The second kappa shape index (κ2) is 6.96. The Bertz CT molecular complexity index is 947. The summed E-state index contributed by atoms with van der Waals surface area (Å²) in [5, 5.41) is 1.25. The number of morpholine rings is 1.